The molecule has 0 bridgehead atoms. The molecule has 3 N–H and O–H groups in total. The second-order valence-corrected chi connectivity index (χ2v) is 8.80. The van der Waals surface area contributed by atoms with E-state index in [9.17, 15) is 14.4 Å². The highest BCUT2D eigenvalue weighted by atomic mass is 79.9. The van der Waals surface area contributed by atoms with E-state index >= 15 is 0 Å². The van der Waals surface area contributed by atoms with Crippen molar-refractivity contribution in [3.63, 3.8) is 0 Å². The molecule has 1 heterocycles. The summed E-state index contributed by atoms with van der Waals surface area (Å²) >= 11 is 3.37. The molecule has 1 fully saturated rings. The zero-order valence-corrected chi connectivity index (χ0v) is 20.6. The fourth-order valence-electron chi connectivity index (χ4n) is 3.26. The number of hydrogen-bond acceptors (Lipinski definition) is 6. The summed E-state index contributed by atoms with van der Waals surface area (Å²) in [6, 6.07) is 10.9. The first kappa shape index (κ1) is 25.4. The molecule has 9 nitrogen and oxygen atoms in total. The first-order chi connectivity index (χ1) is 16.3. The fourth-order valence-corrected chi connectivity index (χ4v) is 3.63. The van der Waals surface area contributed by atoms with Gasteiger partial charge in [0.1, 0.15) is 5.75 Å². The van der Waals surface area contributed by atoms with E-state index in [2.05, 4.69) is 37.1 Å². The van der Waals surface area contributed by atoms with Crippen molar-refractivity contribution < 1.29 is 23.9 Å². The van der Waals surface area contributed by atoms with Crippen LogP contribution in [-0.4, -0.2) is 49.8 Å². The smallest absolute Gasteiger partial charge is 0.329 e. The van der Waals surface area contributed by atoms with Gasteiger partial charge in [0.25, 0.3) is 5.91 Å². The Hall–Kier alpha value is -3.24. The van der Waals surface area contributed by atoms with Crippen molar-refractivity contribution in [3.05, 3.63) is 57.6 Å². The monoisotopic (exact) mass is 530 g/mol. The van der Waals surface area contributed by atoms with Gasteiger partial charge in [-0.05, 0) is 62.1 Å². The molecule has 180 valence electrons. The molecule has 1 atom stereocenters. The lowest BCUT2D eigenvalue weighted by Gasteiger charge is -2.12. The predicted molar refractivity (Wildman–Crippen MR) is 132 cm³/mol. The molecule has 0 radical (unpaired) electrons. The maximum Gasteiger partial charge on any atom is 0.329 e. The highest BCUT2D eigenvalue weighted by Gasteiger charge is 2.19. The molecule has 2 aromatic carbocycles. The second kappa shape index (κ2) is 12.3. The molecular weight excluding hydrogens is 504 g/mol. The standard InChI is InChI=1S/C24H27BrN4O5/c1-15-5-6-16(2)20(10-15)28-22(30)14-34-21-8-7-18(25)11-17(21)12-27-29-24(32)23(31)26-13-19-4-3-9-33-19/h5-8,10-12,19H,3-4,9,13-14H2,1-2H3,(H,26,31)(H,28,30)(H,29,32)/b27-12-/t19-/m1/s1. The Morgan fingerprint density at radius 2 is 2.00 bits per heavy atom. The molecule has 34 heavy (non-hydrogen) atoms. The van der Waals surface area contributed by atoms with E-state index in [1.807, 2.05) is 32.0 Å². The molecule has 2 aromatic rings. The van der Waals surface area contributed by atoms with E-state index < -0.39 is 11.8 Å². The minimum atomic E-state index is -0.889. The summed E-state index contributed by atoms with van der Waals surface area (Å²) in [5.74, 6) is -1.60. The van der Waals surface area contributed by atoms with Crippen LogP contribution in [-0.2, 0) is 19.1 Å². The van der Waals surface area contributed by atoms with Crippen molar-refractivity contribution in [1.82, 2.24) is 10.7 Å². The molecule has 3 rings (SSSR count). The molecule has 3 amide bonds. The lowest BCUT2D eigenvalue weighted by Crippen LogP contribution is -2.41. The van der Waals surface area contributed by atoms with Gasteiger partial charge in [0.2, 0.25) is 0 Å². The van der Waals surface area contributed by atoms with Gasteiger partial charge in [-0.15, -0.1) is 0 Å². The Morgan fingerprint density at radius 1 is 1.18 bits per heavy atom. The maximum atomic E-state index is 12.4. The Kier molecular flexibility index (Phi) is 9.17. The van der Waals surface area contributed by atoms with Crippen LogP contribution in [0, 0.1) is 13.8 Å². The number of hydrazone groups is 1. The van der Waals surface area contributed by atoms with Gasteiger partial charge in [-0.25, -0.2) is 5.43 Å². The summed E-state index contributed by atoms with van der Waals surface area (Å²) in [5.41, 5.74) is 5.41. The second-order valence-electron chi connectivity index (χ2n) is 7.88. The molecule has 1 aliphatic rings. The average Bonchev–Trinajstić information content (AvgIpc) is 3.33. The summed E-state index contributed by atoms with van der Waals surface area (Å²) < 4.78 is 11.8. The Morgan fingerprint density at radius 3 is 2.76 bits per heavy atom. The van der Waals surface area contributed by atoms with Crippen LogP contribution in [0.2, 0.25) is 0 Å². The molecule has 0 spiro atoms. The van der Waals surface area contributed by atoms with E-state index in [1.54, 1.807) is 18.2 Å². The summed E-state index contributed by atoms with van der Waals surface area (Å²) in [6.07, 6.45) is 3.08. The van der Waals surface area contributed by atoms with Crippen LogP contribution in [0.1, 0.15) is 29.5 Å². The summed E-state index contributed by atoms with van der Waals surface area (Å²) in [6.45, 7) is 4.60. The Bertz CT molecular complexity index is 1080. The third-order valence-corrected chi connectivity index (χ3v) is 5.58. The number of ether oxygens (including phenoxy) is 2. The number of nitrogens with zero attached hydrogens (tertiary/aromatic N) is 1. The molecular formula is C24H27BrN4O5. The van der Waals surface area contributed by atoms with E-state index in [-0.39, 0.29) is 25.2 Å². The molecule has 0 aromatic heterocycles. The quantitative estimate of drug-likeness (QED) is 0.275. The zero-order chi connectivity index (χ0) is 24.5. The largest absolute Gasteiger partial charge is 0.483 e. The molecule has 1 aliphatic heterocycles. The van der Waals surface area contributed by atoms with Crippen LogP contribution in [0.4, 0.5) is 5.69 Å². The fraction of sp³-hybridized carbons (Fsp3) is 0.333. The third kappa shape index (κ3) is 7.67. The van der Waals surface area contributed by atoms with Crippen LogP contribution in [0.5, 0.6) is 5.75 Å². The highest BCUT2D eigenvalue weighted by molar-refractivity contribution is 9.10. The molecule has 1 saturated heterocycles. The number of benzene rings is 2. The summed E-state index contributed by atoms with van der Waals surface area (Å²) in [5, 5.41) is 9.21. The molecule has 10 heteroatoms. The topological polar surface area (TPSA) is 118 Å². The number of carbonyl (C=O) groups excluding carboxylic acids is 3. The van der Waals surface area contributed by atoms with Crippen molar-refractivity contribution in [3.8, 4) is 5.75 Å². The summed E-state index contributed by atoms with van der Waals surface area (Å²) in [7, 11) is 0. The normalized spacial score (nSPS) is 15.2. The number of carbonyl (C=O) groups is 3. The number of rotatable bonds is 8. The first-order valence-corrected chi connectivity index (χ1v) is 11.6. The van der Waals surface area contributed by atoms with E-state index in [4.69, 9.17) is 9.47 Å². The number of amides is 3. The maximum absolute atomic E-state index is 12.4. The molecule has 0 aliphatic carbocycles. The minimum absolute atomic E-state index is 0.0614. The zero-order valence-electron chi connectivity index (χ0n) is 19.0. The highest BCUT2D eigenvalue weighted by Crippen LogP contribution is 2.22. The minimum Gasteiger partial charge on any atom is -0.483 e. The van der Waals surface area contributed by atoms with Gasteiger partial charge in [-0.3, -0.25) is 14.4 Å². The number of anilines is 1. The summed E-state index contributed by atoms with van der Waals surface area (Å²) in [4.78, 5) is 36.2. The number of aryl methyl sites for hydroxylation is 2. The van der Waals surface area contributed by atoms with Gasteiger partial charge in [0, 0.05) is 28.9 Å². The van der Waals surface area contributed by atoms with Gasteiger partial charge in [-0.1, -0.05) is 28.1 Å². The number of hydrogen-bond donors (Lipinski definition) is 3. The van der Waals surface area contributed by atoms with Gasteiger partial charge >= 0.3 is 11.8 Å². The van der Waals surface area contributed by atoms with Crippen LogP contribution in [0.3, 0.4) is 0 Å². The number of halogens is 1. The third-order valence-electron chi connectivity index (χ3n) is 5.09. The van der Waals surface area contributed by atoms with Crippen molar-refractivity contribution in [1.29, 1.82) is 0 Å². The van der Waals surface area contributed by atoms with Crippen LogP contribution in [0.15, 0.2) is 46.0 Å². The van der Waals surface area contributed by atoms with Crippen LogP contribution < -0.4 is 20.8 Å². The van der Waals surface area contributed by atoms with Crippen molar-refractivity contribution in [2.75, 3.05) is 25.1 Å². The van der Waals surface area contributed by atoms with Gasteiger partial charge < -0.3 is 20.1 Å². The van der Waals surface area contributed by atoms with E-state index in [0.717, 1.165) is 34.1 Å². The Labute approximate surface area is 206 Å². The average molecular weight is 531 g/mol. The number of nitrogens with one attached hydrogen (secondary N) is 3. The Balaban J connectivity index is 1.53. The van der Waals surface area contributed by atoms with Crippen molar-refractivity contribution in [2.24, 2.45) is 5.10 Å². The predicted octanol–water partition coefficient (Wildman–Crippen LogP) is 2.83. The first-order valence-electron chi connectivity index (χ1n) is 10.8. The van der Waals surface area contributed by atoms with E-state index in [1.165, 1.54) is 6.21 Å². The van der Waals surface area contributed by atoms with Gasteiger partial charge in [0.15, 0.2) is 6.61 Å². The van der Waals surface area contributed by atoms with Crippen LogP contribution >= 0.6 is 15.9 Å². The van der Waals surface area contributed by atoms with E-state index in [0.29, 0.717) is 17.9 Å². The lowest BCUT2D eigenvalue weighted by molar-refractivity contribution is -0.139. The lowest BCUT2D eigenvalue weighted by atomic mass is 10.1. The van der Waals surface area contributed by atoms with Crippen molar-refractivity contribution in [2.45, 2.75) is 32.8 Å². The molecule has 0 unspecified atom stereocenters. The van der Waals surface area contributed by atoms with Gasteiger partial charge in [0.05, 0.1) is 12.3 Å². The SMILES string of the molecule is Cc1ccc(C)c(NC(=O)COc2ccc(Br)cc2/C=N\NC(=O)C(=O)NC[C@H]2CCCO2)c1. The molecule has 0 saturated carbocycles. The van der Waals surface area contributed by atoms with Crippen molar-refractivity contribution >= 4 is 45.6 Å². The van der Waals surface area contributed by atoms with Crippen LogP contribution in [0.25, 0.3) is 0 Å². The van der Waals surface area contributed by atoms with Gasteiger partial charge in [-0.2, -0.15) is 5.10 Å².